The van der Waals surface area contributed by atoms with E-state index in [4.69, 9.17) is 9.47 Å². The van der Waals surface area contributed by atoms with Gasteiger partial charge in [-0.15, -0.1) is 0 Å². The second-order valence-electron chi connectivity index (χ2n) is 4.09. The summed E-state index contributed by atoms with van der Waals surface area (Å²) in [5.74, 6) is -0.428. The zero-order valence-electron chi connectivity index (χ0n) is 11.2. The Bertz CT molecular complexity index is 628. The van der Waals surface area contributed by atoms with E-state index in [1.54, 1.807) is 24.3 Å². The standard InChI is InChI=1S/C15H14FNO3/c1-19-13-7-3-5-10(14(13)16)9-12(18)11-6-4-8-17-15(11)20-2/h3-8H,9H2,1-2H3. The summed E-state index contributed by atoms with van der Waals surface area (Å²) in [6, 6.07) is 7.95. The van der Waals surface area contributed by atoms with Gasteiger partial charge in [-0.3, -0.25) is 4.79 Å². The normalized spacial score (nSPS) is 10.2. The van der Waals surface area contributed by atoms with Gasteiger partial charge in [-0.05, 0) is 23.8 Å². The second-order valence-corrected chi connectivity index (χ2v) is 4.09. The van der Waals surface area contributed by atoms with Crippen LogP contribution in [0.4, 0.5) is 4.39 Å². The minimum atomic E-state index is -0.522. The summed E-state index contributed by atoms with van der Waals surface area (Å²) in [7, 11) is 2.82. The van der Waals surface area contributed by atoms with Gasteiger partial charge in [0.15, 0.2) is 17.3 Å². The van der Waals surface area contributed by atoms with Gasteiger partial charge < -0.3 is 9.47 Å². The molecule has 0 N–H and O–H groups in total. The van der Waals surface area contributed by atoms with Crippen molar-refractivity contribution in [3.63, 3.8) is 0 Å². The smallest absolute Gasteiger partial charge is 0.224 e. The van der Waals surface area contributed by atoms with Gasteiger partial charge in [0, 0.05) is 12.6 Å². The highest BCUT2D eigenvalue weighted by Gasteiger charge is 2.17. The molecular formula is C15H14FNO3. The Morgan fingerprint density at radius 1 is 1.20 bits per heavy atom. The molecule has 0 saturated carbocycles. The lowest BCUT2D eigenvalue weighted by Gasteiger charge is -2.08. The fraction of sp³-hybridized carbons (Fsp3) is 0.200. The molecule has 5 heteroatoms. The fourth-order valence-corrected chi connectivity index (χ4v) is 1.88. The Hall–Kier alpha value is -2.43. The number of ketones is 1. The Balaban J connectivity index is 2.28. The number of halogens is 1. The molecule has 4 nitrogen and oxygen atoms in total. The number of ether oxygens (including phenoxy) is 2. The van der Waals surface area contributed by atoms with Crippen LogP contribution in [0.2, 0.25) is 0 Å². The van der Waals surface area contributed by atoms with E-state index in [1.807, 2.05) is 0 Å². The Kier molecular flexibility index (Phi) is 4.30. The topological polar surface area (TPSA) is 48.4 Å². The average Bonchev–Trinajstić information content (AvgIpc) is 2.49. The van der Waals surface area contributed by atoms with Gasteiger partial charge in [0.05, 0.1) is 19.8 Å². The molecule has 2 aromatic rings. The van der Waals surface area contributed by atoms with Gasteiger partial charge in [-0.25, -0.2) is 9.37 Å². The van der Waals surface area contributed by atoms with Gasteiger partial charge in [0.25, 0.3) is 0 Å². The Morgan fingerprint density at radius 2 is 2.00 bits per heavy atom. The van der Waals surface area contributed by atoms with Gasteiger partial charge in [-0.1, -0.05) is 12.1 Å². The highest BCUT2D eigenvalue weighted by molar-refractivity contribution is 5.99. The molecule has 0 unspecified atom stereocenters. The van der Waals surface area contributed by atoms with Crippen LogP contribution in [0, 0.1) is 5.82 Å². The molecule has 0 fully saturated rings. The highest BCUT2D eigenvalue weighted by atomic mass is 19.1. The molecule has 1 heterocycles. The zero-order chi connectivity index (χ0) is 14.5. The number of pyridine rings is 1. The molecule has 0 aliphatic carbocycles. The number of rotatable bonds is 5. The second kappa shape index (κ2) is 6.14. The van der Waals surface area contributed by atoms with Crippen molar-refractivity contribution in [2.24, 2.45) is 0 Å². The highest BCUT2D eigenvalue weighted by Crippen LogP contribution is 2.23. The van der Waals surface area contributed by atoms with Crippen molar-refractivity contribution in [1.82, 2.24) is 4.98 Å². The Morgan fingerprint density at radius 3 is 2.70 bits per heavy atom. The lowest BCUT2D eigenvalue weighted by atomic mass is 10.0. The van der Waals surface area contributed by atoms with E-state index in [0.717, 1.165) is 0 Å². The number of hydrogen-bond donors (Lipinski definition) is 0. The van der Waals surface area contributed by atoms with Crippen LogP contribution in [-0.2, 0) is 6.42 Å². The first-order chi connectivity index (χ1) is 9.67. The minimum Gasteiger partial charge on any atom is -0.494 e. The van der Waals surface area contributed by atoms with E-state index >= 15 is 0 Å². The fourth-order valence-electron chi connectivity index (χ4n) is 1.88. The first-order valence-electron chi connectivity index (χ1n) is 6.01. The third-order valence-electron chi connectivity index (χ3n) is 2.88. The number of carbonyl (C=O) groups is 1. The molecule has 0 saturated heterocycles. The summed E-state index contributed by atoms with van der Waals surface area (Å²) in [5.41, 5.74) is 0.609. The molecule has 104 valence electrons. The molecule has 0 spiro atoms. The van der Waals surface area contributed by atoms with Crippen molar-refractivity contribution in [3.8, 4) is 11.6 Å². The van der Waals surface area contributed by atoms with Crippen LogP contribution >= 0.6 is 0 Å². The first-order valence-corrected chi connectivity index (χ1v) is 6.01. The predicted molar refractivity (Wildman–Crippen MR) is 71.8 cm³/mol. The summed E-state index contributed by atoms with van der Waals surface area (Å²) < 4.78 is 23.9. The van der Waals surface area contributed by atoms with Crippen LogP contribution in [0.3, 0.4) is 0 Å². The monoisotopic (exact) mass is 275 g/mol. The van der Waals surface area contributed by atoms with Crippen LogP contribution in [0.5, 0.6) is 11.6 Å². The largest absolute Gasteiger partial charge is 0.494 e. The van der Waals surface area contributed by atoms with Crippen molar-refractivity contribution < 1.29 is 18.7 Å². The summed E-state index contributed by atoms with van der Waals surface area (Å²) in [6.07, 6.45) is 1.45. The van der Waals surface area contributed by atoms with Crippen LogP contribution in [0.1, 0.15) is 15.9 Å². The van der Waals surface area contributed by atoms with E-state index < -0.39 is 5.82 Å². The molecule has 1 aromatic carbocycles. The number of carbonyl (C=O) groups excluding carboxylic acids is 1. The maximum Gasteiger partial charge on any atom is 0.224 e. The maximum absolute atomic E-state index is 14.0. The number of aromatic nitrogens is 1. The lowest BCUT2D eigenvalue weighted by molar-refractivity contribution is 0.0988. The molecule has 0 radical (unpaired) electrons. The SMILES string of the molecule is COc1cccc(CC(=O)c2cccnc2OC)c1F. The van der Waals surface area contributed by atoms with E-state index in [1.165, 1.54) is 26.5 Å². The number of benzene rings is 1. The van der Waals surface area contributed by atoms with Gasteiger partial charge >= 0.3 is 0 Å². The van der Waals surface area contributed by atoms with Crippen LogP contribution in [0.15, 0.2) is 36.5 Å². The summed E-state index contributed by atoms with van der Waals surface area (Å²) in [5, 5.41) is 0. The summed E-state index contributed by atoms with van der Waals surface area (Å²) in [4.78, 5) is 16.2. The third-order valence-corrected chi connectivity index (χ3v) is 2.88. The van der Waals surface area contributed by atoms with Crippen molar-refractivity contribution in [2.45, 2.75) is 6.42 Å². The molecule has 0 bridgehead atoms. The van der Waals surface area contributed by atoms with Gasteiger partial charge in [0.1, 0.15) is 0 Å². The number of hydrogen-bond acceptors (Lipinski definition) is 4. The van der Waals surface area contributed by atoms with E-state index in [9.17, 15) is 9.18 Å². The zero-order valence-corrected chi connectivity index (χ0v) is 11.2. The average molecular weight is 275 g/mol. The molecule has 0 aliphatic heterocycles. The maximum atomic E-state index is 14.0. The minimum absolute atomic E-state index is 0.0783. The first kappa shape index (κ1) is 14.0. The molecule has 1 aromatic heterocycles. The summed E-state index contributed by atoms with van der Waals surface area (Å²) in [6.45, 7) is 0. The van der Waals surface area contributed by atoms with Gasteiger partial charge in [0.2, 0.25) is 5.88 Å². The molecule has 20 heavy (non-hydrogen) atoms. The number of Topliss-reactive ketones (excluding diaryl/α,β-unsaturated/α-hetero) is 1. The number of nitrogens with zero attached hydrogens (tertiary/aromatic N) is 1. The van der Waals surface area contributed by atoms with E-state index in [2.05, 4.69) is 4.98 Å². The molecule has 2 rings (SSSR count). The molecule has 0 aliphatic rings. The number of methoxy groups -OCH3 is 2. The van der Waals surface area contributed by atoms with Crippen molar-refractivity contribution in [2.75, 3.05) is 14.2 Å². The molecular weight excluding hydrogens is 261 g/mol. The third kappa shape index (κ3) is 2.77. The van der Waals surface area contributed by atoms with E-state index in [-0.39, 0.29) is 29.4 Å². The van der Waals surface area contributed by atoms with Crippen molar-refractivity contribution in [1.29, 1.82) is 0 Å². The van der Waals surface area contributed by atoms with Crippen molar-refractivity contribution >= 4 is 5.78 Å². The molecule has 0 amide bonds. The van der Waals surface area contributed by atoms with Gasteiger partial charge in [-0.2, -0.15) is 0 Å². The van der Waals surface area contributed by atoms with Crippen LogP contribution in [0.25, 0.3) is 0 Å². The van der Waals surface area contributed by atoms with Crippen LogP contribution in [-0.4, -0.2) is 25.0 Å². The van der Waals surface area contributed by atoms with Crippen molar-refractivity contribution in [3.05, 3.63) is 53.5 Å². The predicted octanol–water partition coefficient (Wildman–Crippen LogP) is 2.66. The van der Waals surface area contributed by atoms with Crippen LogP contribution < -0.4 is 9.47 Å². The quantitative estimate of drug-likeness (QED) is 0.787. The lowest BCUT2D eigenvalue weighted by Crippen LogP contribution is -2.08. The molecule has 0 atom stereocenters. The van der Waals surface area contributed by atoms with E-state index in [0.29, 0.717) is 5.56 Å². The Labute approximate surface area is 116 Å². The summed E-state index contributed by atoms with van der Waals surface area (Å²) >= 11 is 0.